The first-order valence-corrected chi connectivity index (χ1v) is 4.63. The molecule has 0 aromatic carbocycles. The molecule has 1 fully saturated rings. The number of nitrogens with zero attached hydrogens (tertiary/aromatic N) is 2. The van der Waals surface area contributed by atoms with Crippen LogP contribution in [0.1, 0.15) is 6.92 Å². The molecule has 0 unspecified atom stereocenters. The molecule has 0 bridgehead atoms. The molecule has 0 saturated carbocycles. The van der Waals surface area contributed by atoms with E-state index in [0.717, 1.165) is 26.2 Å². The molecule has 1 heterocycles. The topological polar surface area (TPSA) is 27.6 Å². The van der Waals surface area contributed by atoms with Crippen LogP contribution in [-0.4, -0.2) is 37.8 Å². The summed E-state index contributed by atoms with van der Waals surface area (Å²) >= 11 is 0. The normalized spacial score (nSPS) is 19.5. The summed E-state index contributed by atoms with van der Waals surface area (Å²) in [6.45, 7) is 9.73. The van der Waals surface area contributed by atoms with Crippen molar-refractivity contribution in [2.45, 2.75) is 6.92 Å². The third-order valence-corrected chi connectivity index (χ3v) is 2.13. The molecule has 0 aromatic heterocycles. The van der Waals surface area contributed by atoms with E-state index in [2.05, 4.69) is 28.0 Å². The molecule has 3 heteroatoms. The van der Waals surface area contributed by atoms with E-state index in [-0.39, 0.29) is 0 Å². The lowest BCUT2D eigenvalue weighted by Crippen LogP contribution is -2.42. The van der Waals surface area contributed by atoms with Gasteiger partial charge in [-0.3, -0.25) is 4.99 Å². The maximum Gasteiger partial charge on any atom is 0.0339 e. The van der Waals surface area contributed by atoms with Crippen LogP contribution in [0.2, 0.25) is 0 Å². The van der Waals surface area contributed by atoms with Crippen LogP contribution in [0.25, 0.3) is 0 Å². The van der Waals surface area contributed by atoms with Gasteiger partial charge in [-0.05, 0) is 19.7 Å². The fourth-order valence-electron chi connectivity index (χ4n) is 1.44. The van der Waals surface area contributed by atoms with Crippen LogP contribution in [0.4, 0.5) is 0 Å². The van der Waals surface area contributed by atoms with E-state index in [4.69, 9.17) is 0 Å². The highest BCUT2D eigenvalue weighted by Gasteiger charge is 2.09. The van der Waals surface area contributed by atoms with E-state index in [1.54, 1.807) is 6.20 Å². The maximum absolute atomic E-state index is 3.70. The van der Waals surface area contributed by atoms with E-state index < -0.39 is 0 Å². The molecular formula is C10H17N3. The third-order valence-electron chi connectivity index (χ3n) is 2.13. The van der Waals surface area contributed by atoms with Gasteiger partial charge < -0.3 is 10.2 Å². The summed E-state index contributed by atoms with van der Waals surface area (Å²) in [6, 6.07) is 0. The van der Waals surface area contributed by atoms with Gasteiger partial charge in [-0.15, -0.1) is 0 Å². The van der Waals surface area contributed by atoms with Gasteiger partial charge in [0, 0.05) is 38.1 Å². The fraction of sp³-hybridized carbons (Fsp3) is 0.500. The molecule has 1 aliphatic rings. The third kappa shape index (κ3) is 3.03. The van der Waals surface area contributed by atoms with E-state index in [1.165, 1.54) is 5.70 Å². The van der Waals surface area contributed by atoms with Crippen molar-refractivity contribution in [2.24, 2.45) is 4.99 Å². The SMILES string of the molecule is C=N/C=C\C(=C/C)N1CCNCC1. The first kappa shape index (κ1) is 9.99. The van der Waals surface area contributed by atoms with Crippen LogP contribution in [0, 0.1) is 0 Å². The number of rotatable bonds is 3. The van der Waals surface area contributed by atoms with Crippen LogP contribution in [0.15, 0.2) is 29.0 Å². The molecule has 1 rings (SSSR count). The lowest BCUT2D eigenvalue weighted by molar-refractivity contribution is 0.307. The first-order chi connectivity index (χ1) is 6.38. The molecule has 0 aromatic rings. The summed E-state index contributed by atoms with van der Waals surface area (Å²) in [6.07, 6.45) is 5.84. The number of piperazine rings is 1. The second-order valence-electron chi connectivity index (χ2n) is 2.95. The molecule has 3 nitrogen and oxygen atoms in total. The predicted octanol–water partition coefficient (Wildman–Crippen LogP) is 1.01. The van der Waals surface area contributed by atoms with Crippen molar-refractivity contribution in [3.63, 3.8) is 0 Å². The van der Waals surface area contributed by atoms with Gasteiger partial charge in [0.25, 0.3) is 0 Å². The predicted molar refractivity (Wildman–Crippen MR) is 56.9 cm³/mol. The Morgan fingerprint density at radius 2 is 2.15 bits per heavy atom. The quantitative estimate of drug-likeness (QED) is 0.517. The Bertz CT molecular complexity index is 212. The van der Waals surface area contributed by atoms with E-state index in [1.807, 2.05) is 13.0 Å². The molecule has 1 N–H and O–H groups in total. The van der Waals surface area contributed by atoms with Crippen molar-refractivity contribution in [3.05, 3.63) is 24.0 Å². The lowest BCUT2D eigenvalue weighted by atomic mass is 10.3. The highest BCUT2D eigenvalue weighted by Crippen LogP contribution is 2.06. The zero-order valence-corrected chi connectivity index (χ0v) is 8.16. The molecule has 1 saturated heterocycles. The largest absolute Gasteiger partial charge is 0.369 e. The van der Waals surface area contributed by atoms with Crippen molar-refractivity contribution in [1.82, 2.24) is 10.2 Å². The monoisotopic (exact) mass is 179 g/mol. The standard InChI is InChI=1S/C10H17N3/c1-3-10(4-5-11-2)13-8-6-12-7-9-13/h3-5,12H,2,6-9H2,1H3/b5-4-,10-3+. The van der Waals surface area contributed by atoms with Crippen molar-refractivity contribution in [2.75, 3.05) is 26.2 Å². The zero-order chi connectivity index (χ0) is 9.52. The van der Waals surface area contributed by atoms with Crippen LogP contribution in [0.5, 0.6) is 0 Å². The van der Waals surface area contributed by atoms with Gasteiger partial charge in [0.05, 0.1) is 0 Å². The number of hydrogen-bond donors (Lipinski definition) is 1. The average Bonchev–Trinajstić information content (AvgIpc) is 2.21. The zero-order valence-electron chi connectivity index (χ0n) is 8.16. The number of nitrogens with one attached hydrogen (secondary N) is 1. The van der Waals surface area contributed by atoms with Gasteiger partial charge in [-0.1, -0.05) is 6.08 Å². The molecular weight excluding hydrogens is 162 g/mol. The summed E-state index contributed by atoms with van der Waals surface area (Å²) in [5.41, 5.74) is 1.23. The second-order valence-corrected chi connectivity index (χ2v) is 2.95. The molecule has 1 aliphatic heterocycles. The highest BCUT2D eigenvalue weighted by molar-refractivity contribution is 5.27. The van der Waals surface area contributed by atoms with E-state index in [0.29, 0.717) is 0 Å². The molecule has 0 spiro atoms. The molecule has 0 amide bonds. The molecule has 13 heavy (non-hydrogen) atoms. The van der Waals surface area contributed by atoms with Crippen LogP contribution in [-0.2, 0) is 0 Å². The van der Waals surface area contributed by atoms with Crippen LogP contribution >= 0.6 is 0 Å². The minimum absolute atomic E-state index is 1.06. The molecule has 0 atom stereocenters. The Kier molecular flexibility index (Phi) is 4.26. The highest BCUT2D eigenvalue weighted by atomic mass is 15.2. The summed E-state index contributed by atoms with van der Waals surface area (Å²) < 4.78 is 0. The number of aliphatic imine (C=N–C) groups is 1. The van der Waals surface area contributed by atoms with Gasteiger partial charge >= 0.3 is 0 Å². The van der Waals surface area contributed by atoms with Gasteiger partial charge in [0.15, 0.2) is 0 Å². The minimum atomic E-state index is 1.06. The van der Waals surface area contributed by atoms with E-state index in [9.17, 15) is 0 Å². The van der Waals surface area contributed by atoms with Crippen LogP contribution < -0.4 is 5.32 Å². The van der Waals surface area contributed by atoms with Gasteiger partial charge in [-0.2, -0.15) is 0 Å². The summed E-state index contributed by atoms with van der Waals surface area (Å²) in [4.78, 5) is 6.05. The van der Waals surface area contributed by atoms with Crippen molar-refractivity contribution >= 4 is 6.72 Å². The van der Waals surface area contributed by atoms with Gasteiger partial charge in [0.1, 0.15) is 0 Å². The van der Waals surface area contributed by atoms with Crippen molar-refractivity contribution in [1.29, 1.82) is 0 Å². The van der Waals surface area contributed by atoms with Gasteiger partial charge in [0.2, 0.25) is 0 Å². The summed E-state index contributed by atoms with van der Waals surface area (Å²) in [7, 11) is 0. The Morgan fingerprint density at radius 1 is 1.46 bits per heavy atom. The molecule has 0 aliphatic carbocycles. The second kappa shape index (κ2) is 5.54. The molecule has 72 valence electrons. The van der Waals surface area contributed by atoms with Gasteiger partial charge in [-0.25, -0.2) is 0 Å². The molecule has 0 radical (unpaired) electrons. The van der Waals surface area contributed by atoms with Crippen molar-refractivity contribution < 1.29 is 0 Å². The maximum atomic E-state index is 3.70. The minimum Gasteiger partial charge on any atom is -0.369 e. The Morgan fingerprint density at radius 3 is 2.69 bits per heavy atom. The summed E-state index contributed by atoms with van der Waals surface area (Å²) in [5, 5.41) is 3.32. The first-order valence-electron chi connectivity index (χ1n) is 4.63. The lowest BCUT2D eigenvalue weighted by Gasteiger charge is -2.30. The average molecular weight is 179 g/mol. The van der Waals surface area contributed by atoms with Crippen molar-refractivity contribution in [3.8, 4) is 0 Å². The Labute approximate surface area is 79.8 Å². The fourth-order valence-corrected chi connectivity index (χ4v) is 1.44. The van der Waals surface area contributed by atoms with Crippen LogP contribution in [0.3, 0.4) is 0 Å². The summed E-state index contributed by atoms with van der Waals surface area (Å²) in [5.74, 6) is 0. The number of hydrogen-bond acceptors (Lipinski definition) is 3. The number of allylic oxidation sites excluding steroid dienone is 2. The van der Waals surface area contributed by atoms with E-state index >= 15 is 0 Å². The Hall–Kier alpha value is -1.09. The Balaban J connectivity index is 2.54. The smallest absolute Gasteiger partial charge is 0.0339 e.